The van der Waals surface area contributed by atoms with Gasteiger partial charge >= 0.3 is 5.97 Å². The van der Waals surface area contributed by atoms with Crippen LogP contribution in [0.4, 0.5) is 5.69 Å². The molecule has 25 heavy (non-hydrogen) atoms. The van der Waals surface area contributed by atoms with Crippen LogP contribution in [0.3, 0.4) is 0 Å². The van der Waals surface area contributed by atoms with Gasteiger partial charge in [0.05, 0.1) is 5.92 Å². The van der Waals surface area contributed by atoms with Crippen molar-refractivity contribution in [3.8, 4) is 5.75 Å². The Morgan fingerprint density at radius 2 is 1.72 bits per heavy atom. The van der Waals surface area contributed by atoms with E-state index in [-0.39, 0.29) is 24.7 Å². The minimum absolute atomic E-state index is 0.0575. The lowest BCUT2D eigenvalue weighted by Gasteiger charge is -2.16. The van der Waals surface area contributed by atoms with Gasteiger partial charge in [0.1, 0.15) is 5.75 Å². The van der Waals surface area contributed by atoms with E-state index in [1.54, 1.807) is 53.4 Å². The fraction of sp³-hybridized carbons (Fsp3) is 0.211. The minimum atomic E-state index is -0.532. The second kappa shape index (κ2) is 7.07. The number of ether oxygens (including phenoxy) is 1. The maximum atomic E-state index is 12.3. The fourth-order valence-electron chi connectivity index (χ4n) is 2.69. The zero-order valence-electron chi connectivity index (χ0n) is 13.6. The van der Waals surface area contributed by atoms with Crippen LogP contribution >= 0.6 is 11.6 Å². The second-order valence-electron chi connectivity index (χ2n) is 5.88. The molecule has 1 heterocycles. The summed E-state index contributed by atoms with van der Waals surface area (Å²) in [5.41, 5.74) is 1.25. The van der Waals surface area contributed by atoms with Crippen molar-refractivity contribution in [1.29, 1.82) is 0 Å². The van der Waals surface area contributed by atoms with Gasteiger partial charge < -0.3 is 9.64 Å². The summed E-state index contributed by atoms with van der Waals surface area (Å²) < 4.78 is 5.33. The largest absolute Gasteiger partial charge is 0.426 e. The molecule has 1 aliphatic heterocycles. The number of ketones is 1. The lowest BCUT2D eigenvalue weighted by atomic mass is 10.1. The zero-order valence-corrected chi connectivity index (χ0v) is 14.3. The molecule has 1 amide bonds. The van der Waals surface area contributed by atoms with E-state index in [0.29, 0.717) is 22.0 Å². The summed E-state index contributed by atoms with van der Waals surface area (Å²) in [4.78, 5) is 37.3. The highest BCUT2D eigenvalue weighted by molar-refractivity contribution is 6.30. The van der Waals surface area contributed by atoms with E-state index >= 15 is 0 Å². The molecule has 1 fully saturated rings. The van der Waals surface area contributed by atoms with Crippen molar-refractivity contribution in [2.24, 2.45) is 5.92 Å². The van der Waals surface area contributed by atoms with Gasteiger partial charge in [0.15, 0.2) is 5.78 Å². The fourth-order valence-corrected chi connectivity index (χ4v) is 2.82. The molecule has 0 aromatic heterocycles. The molecule has 0 N–H and O–H groups in total. The van der Waals surface area contributed by atoms with Crippen molar-refractivity contribution in [2.75, 3.05) is 11.4 Å². The van der Waals surface area contributed by atoms with Gasteiger partial charge in [0.2, 0.25) is 5.91 Å². The molecule has 128 valence electrons. The normalized spacial score (nSPS) is 16.8. The molecule has 0 bridgehead atoms. The van der Waals surface area contributed by atoms with Crippen molar-refractivity contribution in [3.63, 3.8) is 0 Å². The van der Waals surface area contributed by atoms with Gasteiger partial charge in [0.25, 0.3) is 0 Å². The van der Waals surface area contributed by atoms with Gasteiger partial charge in [0, 0.05) is 29.2 Å². The molecular formula is C19H16ClNO4. The highest BCUT2D eigenvalue weighted by Gasteiger charge is 2.36. The summed E-state index contributed by atoms with van der Waals surface area (Å²) in [6, 6.07) is 13.2. The number of rotatable bonds is 4. The Hall–Kier alpha value is -2.66. The van der Waals surface area contributed by atoms with Gasteiger partial charge in [-0.25, -0.2) is 0 Å². The highest BCUT2D eigenvalue weighted by Crippen LogP contribution is 2.27. The number of halogens is 1. The maximum Gasteiger partial charge on any atom is 0.316 e. The Kier molecular flexibility index (Phi) is 4.86. The predicted molar refractivity (Wildman–Crippen MR) is 94.0 cm³/mol. The van der Waals surface area contributed by atoms with Crippen molar-refractivity contribution in [1.82, 2.24) is 0 Å². The molecule has 0 spiro atoms. The molecular weight excluding hydrogens is 342 g/mol. The number of nitrogens with zero attached hydrogens (tertiary/aromatic N) is 1. The molecule has 3 rings (SSSR count). The topological polar surface area (TPSA) is 63.7 Å². The quantitative estimate of drug-likeness (QED) is 0.477. The summed E-state index contributed by atoms with van der Waals surface area (Å²) in [5.74, 6) is -0.822. The summed E-state index contributed by atoms with van der Waals surface area (Å²) in [7, 11) is 0. The summed E-state index contributed by atoms with van der Waals surface area (Å²) in [6.07, 6.45) is 0.104. The van der Waals surface area contributed by atoms with Crippen molar-refractivity contribution >= 4 is 34.9 Å². The third-order valence-electron chi connectivity index (χ3n) is 4.08. The summed E-state index contributed by atoms with van der Waals surface area (Å²) >= 11 is 5.86. The van der Waals surface area contributed by atoms with Crippen molar-refractivity contribution in [2.45, 2.75) is 13.3 Å². The Bertz CT molecular complexity index is 814. The van der Waals surface area contributed by atoms with E-state index in [1.807, 2.05) is 0 Å². The summed E-state index contributed by atoms with van der Waals surface area (Å²) in [6.45, 7) is 1.74. The maximum absolute atomic E-state index is 12.3. The molecule has 1 saturated heterocycles. The van der Waals surface area contributed by atoms with Gasteiger partial charge in [-0.15, -0.1) is 0 Å². The number of hydrogen-bond donors (Lipinski definition) is 0. The number of carbonyl (C=O) groups is 3. The van der Waals surface area contributed by atoms with Crippen molar-refractivity contribution < 1.29 is 19.1 Å². The first kappa shape index (κ1) is 17.2. The lowest BCUT2D eigenvalue weighted by molar-refractivity contribution is -0.139. The number of amides is 1. The van der Waals surface area contributed by atoms with Gasteiger partial charge in [-0.1, -0.05) is 11.6 Å². The first-order chi connectivity index (χ1) is 11.9. The number of hydrogen-bond acceptors (Lipinski definition) is 4. The third-order valence-corrected chi connectivity index (χ3v) is 4.33. The monoisotopic (exact) mass is 357 g/mol. The number of esters is 1. The van der Waals surface area contributed by atoms with E-state index in [9.17, 15) is 14.4 Å². The van der Waals surface area contributed by atoms with E-state index in [1.165, 1.54) is 6.92 Å². The van der Waals surface area contributed by atoms with E-state index in [0.717, 1.165) is 0 Å². The number of anilines is 1. The number of Topliss-reactive ketones (excluding diaryl/α,β-unsaturated/α-hetero) is 1. The Balaban J connectivity index is 1.66. The second-order valence-corrected chi connectivity index (χ2v) is 6.32. The lowest BCUT2D eigenvalue weighted by Crippen LogP contribution is -2.27. The standard InChI is InChI=1S/C19H16ClNO4/c1-12(22)13-2-8-17(9-3-13)25-19(24)14-10-18(23)21(11-14)16-6-4-15(20)5-7-16/h2-9,14H,10-11H2,1H3. The van der Waals surface area contributed by atoms with Crippen LogP contribution in [0, 0.1) is 5.92 Å². The molecule has 1 aliphatic rings. The van der Waals surface area contributed by atoms with Crippen LogP contribution in [0.1, 0.15) is 23.7 Å². The predicted octanol–water partition coefficient (Wildman–Crippen LogP) is 3.50. The van der Waals surface area contributed by atoms with Crippen LogP contribution in [-0.2, 0) is 9.59 Å². The van der Waals surface area contributed by atoms with Crippen LogP contribution in [0.15, 0.2) is 48.5 Å². The smallest absolute Gasteiger partial charge is 0.316 e. The molecule has 6 heteroatoms. The first-order valence-corrected chi connectivity index (χ1v) is 8.20. The van der Waals surface area contributed by atoms with E-state index in [2.05, 4.69) is 0 Å². The molecule has 0 aliphatic carbocycles. The molecule has 5 nitrogen and oxygen atoms in total. The number of benzene rings is 2. The first-order valence-electron chi connectivity index (χ1n) is 7.82. The Morgan fingerprint density at radius 3 is 2.32 bits per heavy atom. The SMILES string of the molecule is CC(=O)c1ccc(OC(=O)C2CC(=O)N(c3ccc(Cl)cc3)C2)cc1. The van der Waals surface area contributed by atoms with Gasteiger partial charge in [-0.2, -0.15) is 0 Å². The Labute approximate surface area is 150 Å². The average Bonchev–Trinajstić information content (AvgIpc) is 2.98. The van der Waals surface area contributed by atoms with Crippen molar-refractivity contribution in [3.05, 3.63) is 59.1 Å². The van der Waals surface area contributed by atoms with Gasteiger partial charge in [-0.3, -0.25) is 14.4 Å². The average molecular weight is 358 g/mol. The molecule has 0 radical (unpaired) electrons. The number of carbonyl (C=O) groups excluding carboxylic acids is 3. The van der Waals surface area contributed by atoms with Crippen LogP contribution in [-0.4, -0.2) is 24.2 Å². The van der Waals surface area contributed by atoms with Crippen LogP contribution in [0.5, 0.6) is 5.75 Å². The minimum Gasteiger partial charge on any atom is -0.426 e. The molecule has 0 saturated carbocycles. The highest BCUT2D eigenvalue weighted by atomic mass is 35.5. The molecule has 2 aromatic rings. The molecule has 1 atom stereocenters. The van der Waals surface area contributed by atoms with Gasteiger partial charge in [-0.05, 0) is 55.5 Å². The van der Waals surface area contributed by atoms with E-state index in [4.69, 9.17) is 16.3 Å². The third kappa shape index (κ3) is 3.88. The molecule has 1 unspecified atom stereocenters. The summed E-state index contributed by atoms with van der Waals surface area (Å²) in [5, 5.41) is 0.584. The van der Waals surface area contributed by atoms with Crippen LogP contribution in [0.25, 0.3) is 0 Å². The van der Waals surface area contributed by atoms with Crippen LogP contribution < -0.4 is 9.64 Å². The molecule has 2 aromatic carbocycles. The van der Waals surface area contributed by atoms with E-state index < -0.39 is 11.9 Å². The van der Waals surface area contributed by atoms with Crippen LogP contribution in [0.2, 0.25) is 5.02 Å². The Morgan fingerprint density at radius 1 is 1.08 bits per heavy atom. The zero-order chi connectivity index (χ0) is 18.0.